The van der Waals surface area contributed by atoms with Crippen molar-refractivity contribution >= 4 is 5.78 Å². The first-order valence-corrected chi connectivity index (χ1v) is 7.34. The Morgan fingerprint density at radius 1 is 1.10 bits per heavy atom. The van der Waals surface area contributed by atoms with Crippen molar-refractivity contribution in [2.45, 2.75) is 32.9 Å². The highest BCUT2D eigenvalue weighted by Crippen LogP contribution is 2.12. The van der Waals surface area contributed by atoms with Crippen LogP contribution in [0.5, 0.6) is 0 Å². The predicted molar refractivity (Wildman–Crippen MR) is 85.3 cm³/mol. The van der Waals surface area contributed by atoms with Crippen molar-refractivity contribution in [3.63, 3.8) is 0 Å². The van der Waals surface area contributed by atoms with E-state index in [2.05, 4.69) is 16.8 Å². The minimum absolute atomic E-state index is 0.148. The molecule has 0 spiro atoms. The molecule has 0 aliphatic rings. The number of hydrogen-bond donors (Lipinski definition) is 0. The molecule has 0 aliphatic heterocycles. The second-order valence-corrected chi connectivity index (χ2v) is 5.36. The summed E-state index contributed by atoms with van der Waals surface area (Å²) in [5, 5.41) is 0. The first kappa shape index (κ1) is 15.4. The van der Waals surface area contributed by atoms with E-state index in [9.17, 15) is 4.79 Å². The zero-order chi connectivity index (χ0) is 15.2. The number of carbonyl (C=O) groups excluding carboxylic acids is 1. The summed E-state index contributed by atoms with van der Waals surface area (Å²) < 4.78 is 0. The van der Waals surface area contributed by atoms with Gasteiger partial charge >= 0.3 is 0 Å². The van der Waals surface area contributed by atoms with Crippen molar-refractivity contribution in [2.24, 2.45) is 0 Å². The van der Waals surface area contributed by atoms with Crippen molar-refractivity contribution in [1.29, 1.82) is 0 Å². The molecular formula is C18H22N2O. The first-order valence-electron chi connectivity index (χ1n) is 7.34. The number of likely N-dealkylation sites (N-methyl/N-ethyl adjacent to an activating group) is 1. The van der Waals surface area contributed by atoms with Gasteiger partial charge in [-0.15, -0.1) is 0 Å². The van der Waals surface area contributed by atoms with E-state index < -0.39 is 0 Å². The van der Waals surface area contributed by atoms with Crippen molar-refractivity contribution in [3.05, 3.63) is 65.5 Å². The van der Waals surface area contributed by atoms with Crippen LogP contribution in [0.4, 0.5) is 0 Å². The number of aromatic nitrogens is 1. The number of aryl methyl sites for hydroxylation is 1. The molecule has 1 heterocycles. The molecule has 0 N–H and O–H groups in total. The number of rotatable bonds is 6. The molecule has 0 amide bonds. The second-order valence-electron chi connectivity index (χ2n) is 5.36. The quantitative estimate of drug-likeness (QED) is 0.762. The molecule has 110 valence electrons. The molecule has 0 saturated heterocycles. The van der Waals surface area contributed by atoms with E-state index in [1.807, 2.05) is 50.4 Å². The third kappa shape index (κ3) is 3.99. The van der Waals surface area contributed by atoms with E-state index in [0.29, 0.717) is 0 Å². The van der Waals surface area contributed by atoms with Gasteiger partial charge in [-0.3, -0.25) is 14.7 Å². The van der Waals surface area contributed by atoms with E-state index >= 15 is 0 Å². The van der Waals surface area contributed by atoms with Gasteiger partial charge in [-0.2, -0.15) is 0 Å². The minimum atomic E-state index is -0.148. The third-order valence-electron chi connectivity index (χ3n) is 3.87. The highest BCUT2D eigenvalue weighted by atomic mass is 16.1. The van der Waals surface area contributed by atoms with Crippen LogP contribution in [0, 0.1) is 0 Å². The molecule has 1 atom stereocenters. The fourth-order valence-electron chi connectivity index (χ4n) is 2.26. The number of pyridine rings is 1. The Kier molecular flexibility index (Phi) is 5.23. The lowest BCUT2D eigenvalue weighted by molar-refractivity contribution is 0.0862. The molecule has 1 aromatic heterocycles. The summed E-state index contributed by atoms with van der Waals surface area (Å²) in [4.78, 5) is 18.6. The summed E-state index contributed by atoms with van der Waals surface area (Å²) in [6.45, 7) is 4.81. The summed E-state index contributed by atoms with van der Waals surface area (Å²) in [6.07, 6.45) is 4.55. The van der Waals surface area contributed by atoms with E-state index in [4.69, 9.17) is 0 Å². The normalized spacial score (nSPS) is 12.4. The minimum Gasteiger partial charge on any atom is -0.292 e. The maximum atomic E-state index is 12.5. The van der Waals surface area contributed by atoms with Crippen molar-refractivity contribution in [2.75, 3.05) is 7.05 Å². The molecule has 0 saturated carbocycles. The fourth-order valence-corrected chi connectivity index (χ4v) is 2.26. The molecule has 2 aromatic rings. The lowest BCUT2D eigenvalue weighted by Gasteiger charge is -2.23. The van der Waals surface area contributed by atoms with Crippen LogP contribution < -0.4 is 0 Å². The highest BCUT2D eigenvalue weighted by Gasteiger charge is 2.19. The van der Waals surface area contributed by atoms with Crippen LogP contribution in [0.15, 0.2) is 48.8 Å². The molecule has 3 heteroatoms. The Hall–Kier alpha value is -2.00. The molecule has 1 unspecified atom stereocenters. The maximum absolute atomic E-state index is 12.5. The van der Waals surface area contributed by atoms with E-state index in [0.717, 1.165) is 24.1 Å². The van der Waals surface area contributed by atoms with Gasteiger partial charge in [-0.05, 0) is 43.7 Å². The zero-order valence-corrected chi connectivity index (χ0v) is 12.9. The van der Waals surface area contributed by atoms with E-state index in [-0.39, 0.29) is 11.8 Å². The monoisotopic (exact) mass is 282 g/mol. The highest BCUT2D eigenvalue weighted by molar-refractivity contribution is 5.99. The van der Waals surface area contributed by atoms with Crippen molar-refractivity contribution in [1.82, 2.24) is 9.88 Å². The summed E-state index contributed by atoms with van der Waals surface area (Å²) in [6, 6.07) is 11.7. The van der Waals surface area contributed by atoms with Crippen LogP contribution in [0.25, 0.3) is 0 Å². The molecule has 0 aliphatic carbocycles. The van der Waals surface area contributed by atoms with Gasteiger partial charge in [0.2, 0.25) is 0 Å². The van der Waals surface area contributed by atoms with Crippen LogP contribution in [-0.2, 0) is 13.0 Å². The summed E-state index contributed by atoms with van der Waals surface area (Å²) >= 11 is 0. The predicted octanol–water partition coefficient (Wildman–Crippen LogP) is 3.35. The molecule has 0 fully saturated rings. The molecule has 1 aromatic carbocycles. The van der Waals surface area contributed by atoms with E-state index in [1.165, 1.54) is 5.56 Å². The molecule has 2 rings (SSSR count). The van der Waals surface area contributed by atoms with Crippen LogP contribution in [0.1, 0.15) is 35.3 Å². The summed E-state index contributed by atoms with van der Waals surface area (Å²) in [5.74, 6) is 0.161. The van der Waals surface area contributed by atoms with Crippen molar-refractivity contribution in [3.8, 4) is 0 Å². The number of ketones is 1. The average Bonchev–Trinajstić information content (AvgIpc) is 2.54. The topological polar surface area (TPSA) is 33.2 Å². The largest absolute Gasteiger partial charge is 0.292 e. The Balaban J connectivity index is 2.03. The van der Waals surface area contributed by atoms with Gasteiger partial charge in [0, 0.05) is 24.5 Å². The van der Waals surface area contributed by atoms with Gasteiger partial charge in [0.05, 0.1) is 6.04 Å². The van der Waals surface area contributed by atoms with Gasteiger partial charge in [-0.1, -0.05) is 31.2 Å². The average molecular weight is 282 g/mol. The lowest BCUT2D eigenvalue weighted by Crippen LogP contribution is -2.35. The molecular weight excluding hydrogens is 260 g/mol. The van der Waals surface area contributed by atoms with Gasteiger partial charge in [0.15, 0.2) is 5.78 Å². The lowest BCUT2D eigenvalue weighted by atomic mass is 10.0. The third-order valence-corrected chi connectivity index (χ3v) is 3.87. The molecule has 21 heavy (non-hydrogen) atoms. The maximum Gasteiger partial charge on any atom is 0.179 e. The Morgan fingerprint density at radius 2 is 1.71 bits per heavy atom. The van der Waals surface area contributed by atoms with Crippen LogP contribution >= 0.6 is 0 Å². The smallest absolute Gasteiger partial charge is 0.179 e. The standard InChI is InChI=1S/C18H22N2O/c1-4-15-5-7-17(8-6-15)18(21)14(2)20(3)13-16-9-11-19-12-10-16/h5-12,14H,4,13H2,1-3H3. The van der Waals surface area contributed by atoms with E-state index in [1.54, 1.807) is 12.4 Å². The molecule has 3 nitrogen and oxygen atoms in total. The van der Waals surface area contributed by atoms with Crippen LogP contribution in [0.3, 0.4) is 0 Å². The Morgan fingerprint density at radius 3 is 2.29 bits per heavy atom. The van der Waals surface area contributed by atoms with Crippen molar-refractivity contribution < 1.29 is 4.79 Å². The van der Waals surface area contributed by atoms with Crippen LogP contribution in [-0.4, -0.2) is 28.8 Å². The fraction of sp³-hybridized carbons (Fsp3) is 0.333. The number of Topliss-reactive ketones (excluding diaryl/α,β-unsaturated/α-hetero) is 1. The first-order chi connectivity index (χ1) is 10.1. The number of carbonyl (C=O) groups is 1. The Labute approximate surface area is 126 Å². The SMILES string of the molecule is CCc1ccc(C(=O)C(C)N(C)Cc2ccncc2)cc1. The number of nitrogens with zero attached hydrogens (tertiary/aromatic N) is 2. The Bertz CT molecular complexity index is 578. The summed E-state index contributed by atoms with van der Waals surface area (Å²) in [5.41, 5.74) is 3.19. The molecule has 0 radical (unpaired) electrons. The number of benzene rings is 1. The van der Waals surface area contributed by atoms with Gasteiger partial charge < -0.3 is 0 Å². The van der Waals surface area contributed by atoms with Gasteiger partial charge in [-0.25, -0.2) is 0 Å². The molecule has 0 bridgehead atoms. The number of hydrogen-bond acceptors (Lipinski definition) is 3. The van der Waals surface area contributed by atoms with Crippen LogP contribution in [0.2, 0.25) is 0 Å². The second kappa shape index (κ2) is 7.14. The van der Waals surface area contributed by atoms with Gasteiger partial charge in [0.25, 0.3) is 0 Å². The zero-order valence-electron chi connectivity index (χ0n) is 12.9. The van der Waals surface area contributed by atoms with Gasteiger partial charge in [0.1, 0.15) is 0 Å². The summed E-state index contributed by atoms with van der Waals surface area (Å²) in [7, 11) is 1.98.